The van der Waals surface area contributed by atoms with Crippen LogP contribution in [0.4, 0.5) is 0 Å². The van der Waals surface area contributed by atoms with Crippen LogP contribution >= 0.6 is 0 Å². The molecule has 0 spiro atoms. The van der Waals surface area contributed by atoms with Gasteiger partial charge in [0.25, 0.3) is 11.8 Å². The number of terminal acetylenes is 1. The van der Waals surface area contributed by atoms with Crippen molar-refractivity contribution >= 4 is 11.8 Å². The number of imide groups is 1. The topological polar surface area (TPSA) is 46.6 Å². The van der Waals surface area contributed by atoms with E-state index >= 15 is 0 Å². The van der Waals surface area contributed by atoms with E-state index in [-0.39, 0.29) is 24.0 Å². The molecule has 104 valence electrons. The minimum absolute atomic E-state index is 0.130. The number of fused-ring (bicyclic) bond motifs is 1. The molecule has 2 rings (SSSR count). The Hall–Kier alpha value is -2.12. The zero-order chi connectivity index (χ0) is 14.9. The Bertz CT molecular complexity index is 557. The highest BCUT2D eigenvalue weighted by molar-refractivity contribution is 6.21. The van der Waals surface area contributed by atoms with Crippen LogP contribution in [0.2, 0.25) is 0 Å². The lowest BCUT2D eigenvalue weighted by Gasteiger charge is -2.26. The van der Waals surface area contributed by atoms with Crippen molar-refractivity contribution in [2.24, 2.45) is 0 Å². The van der Waals surface area contributed by atoms with Crippen LogP contribution in [0, 0.1) is 12.3 Å². The standard InChI is InChI=1S/C16H17NO3/c1-5-11(10-20-16(2,3)4)17-14(18)12-8-6-7-9-13(12)15(17)19/h1,6-9,11H,10H2,2-4H3/t11-/m0/s1. The lowest BCUT2D eigenvalue weighted by molar-refractivity contribution is -0.0196. The first-order valence-corrected chi connectivity index (χ1v) is 6.42. The van der Waals surface area contributed by atoms with Crippen molar-refractivity contribution in [1.82, 2.24) is 4.90 Å². The van der Waals surface area contributed by atoms with Gasteiger partial charge in [0.1, 0.15) is 6.04 Å². The Kier molecular flexibility index (Phi) is 3.65. The van der Waals surface area contributed by atoms with E-state index in [4.69, 9.17) is 11.2 Å². The molecule has 0 bridgehead atoms. The van der Waals surface area contributed by atoms with Gasteiger partial charge in [-0.15, -0.1) is 6.42 Å². The van der Waals surface area contributed by atoms with E-state index in [1.54, 1.807) is 24.3 Å². The van der Waals surface area contributed by atoms with Crippen LogP contribution in [0.15, 0.2) is 24.3 Å². The zero-order valence-electron chi connectivity index (χ0n) is 11.8. The number of hydrogen-bond donors (Lipinski definition) is 0. The van der Waals surface area contributed by atoms with Gasteiger partial charge in [-0.1, -0.05) is 18.1 Å². The molecule has 0 aliphatic carbocycles. The van der Waals surface area contributed by atoms with Gasteiger partial charge in [0.2, 0.25) is 0 Å². The maximum Gasteiger partial charge on any atom is 0.262 e. The van der Waals surface area contributed by atoms with E-state index in [1.807, 2.05) is 20.8 Å². The van der Waals surface area contributed by atoms with E-state index < -0.39 is 6.04 Å². The predicted molar refractivity (Wildman–Crippen MR) is 75.3 cm³/mol. The van der Waals surface area contributed by atoms with Gasteiger partial charge in [0.15, 0.2) is 0 Å². The summed E-state index contributed by atoms with van der Waals surface area (Å²) in [5.74, 6) is 1.76. The third-order valence-electron chi connectivity index (χ3n) is 3.00. The van der Waals surface area contributed by atoms with Gasteiger partial charge in [-0.25, -0.2) is 0 Å². The Morgan fingerprint density at radius 3 is 2.10 bits per heavy atom. The summed E-state index contributed by atoms with van der Waals surface area (Å²) in [6, 6.07) is 6.02. The molecule has 0 unspecified atom stereocenters. The van der Waals surface area contributed by atoms with Crippen LogP contribution in [-0.4, -0.2) is 35.0 Å². The summed E-state index contributed by atoms with van der Waals surface area (Å²) in [5.41, 5.74) is 0.412. The fourth-order valence-corrected chi connectivity index (χ4v) is 2.02. The molecule has 0 aromatic heterocycles. The number of hydrogen-bond acceptors (Lipinski definition) is 3. The number of benzene rings is 1. The first-order chi connectivity index (χ1) is 9.35. The van der Waals surface area contributed by atoms with Gasteiger partial charge >= 0.3 is 0 Å². The van der Waals surface area contributed by atoms with Crippen molar-refractivity contribution in [3.8, 4) is 12.3 Å². The van der Waals surface area contributed by atoms with E-state index in [0.717, 1.165) is 4.90 Å². The van der Waals surface area contributed by atoms with Crippen molar-refractivity contribution in [1.29, 1.82) is 0 Å². The highest BCUT2D eigenvalue weighted by Gasteiger charge is 2.39. The Balaban J connectivity index is 2.24. The van der Waals surface area contributed by atoms with Crippen LogP contribution in [0.1, 0.15) is 41.5 Å². The van der Waals surface area contributed by atoms with Crippen molar-refractivity contribution in [3.63, 3.8) is 0 Å². The molecule has 0 radical (unpaired) electrons. The summed E-state index contributed by atoms with van der Waals surface area (Å²) < 4.78 is 5.60. The van der Waals surface area contributed by atoms with Crippen LogP contribution in [0.3, 0.4) is 0 Å². The van der Waals surface area contributed by atoms with E-state index in [1.165, 1.54) is 0 Å². The summed E-state index contributed by atoms with van der Waals surface area (Å²) in [4.78, 5) is 25.7. The van der Waals surface area contributed by atoms with Gasteiger partial charge in [0.05, 0.1) is 23.3 Å². The number of nitrogens with zero attached hydrogens (tertiary/aromatic N) is 1. The van der Waals surface area contributed by atoms with Crippen LogP contribution in [0.5, 0.6) is 0 Å². The third kappa shape index (κ3) is 2.59. The molecule has 1 heterocycles. The molecule has 4 heteroatoms. The fourth-order valence-electron chi connectivity index (χ4n) is 2.02. The molecule has 0 fully saturated rings. The molecule has 20 heavy (non-hydrogen) atoms. The summed E-state index contributed by atoms with van der Waals surface area (Å²) >= 11 is 0. The highest BCUT2D eigenvalue weighted by Crippen LogP contribution is 2.25. The Morgan fingerprint density at radius 1 is 1.20 bits per heavy atom. The second-order valence-corrected chi connectivity index (χ2v) is 5.63. The highest BCUT2D eigenvalue weighted by atomic mass is 16.5. The minimum atomic E-state index is -0.693. The van der Waals surface area contributed by atoms with Crippen molar-refractivity contribution in [2.75, 3.05) is 6.61 Å². The minimum Gasteiger partial charge on any atom is -0.373 e. The molecule has 1 atom stereocenters. The molecule has 0 saturated heterocycles. The van der Waals surface area contributed by atoms with Crippen molar-refractivity contribution in [3.05, 3.63) is 35.4 Å². The monoisotopic (exact) mass is 271 g/mol. The van der Waals surface area contributed by atoms with Gasteiger partial charge in [-0.3, -0.25) is 14.5 Å². The molecule has 0 saturated carbocycles. The van der Waals surface area contributed by atoms with Crippen LogP contribution in [-0.2, 0) is 4.74 Å². The number of carbonyl (C=O) groups is 2. The molecule has 4 nitrogen and oxygen atoms in total. The predicted octanol–water partition coefficient (Wildman–Crippen LogP) is 2.10. The number of amides is 2. The second-order valence-electron chi connectivity index (χ2n) is 5.63. The second kappa shape index (κ2) is 5.10. The number of rotatable bonds is 3. The van der Waals surface area contributed by atoms with E-state index in [0.29, 0.717) is 11.1 Å². The maximum atomic E-state index is 12.3. The quantitative estimate of drug-likeness (QED) is 0.625. The molecule has 1 aromatic rings. The average Bonchev–Trinajstić information content (AvgIpc) is 2.64. The van der Waals surface area contributed by atoms with Crippen LogP contribution in [0.25, 0.3) is 0 Å². The smallest absolute Gasteiger partial charge is 0.262 e. The Labute approximate surface area is 118 Å². The SMILES string of the molecule is C#C[C@@H](COC(C)(C)C)N1C(=O)c2ccccc2C1=O. The van der Waals surface area contributed by atoms with E-state index in [9.17, 15) is 9.59 Å². The van der Waals surface area contributed by atoms with Gasteiger partial charge in [-0.05, 0) is 32.9 Å². The largest absolute Gasteiger partial charge is 0.373 e. The van der Waals surface area contributed by atoms with E-state index in [2.05, 4.69) is 5.92 Å². The normalized spacial score (nSPS) is 16.0. The lowest BCUT2D eigenvalue weighted by atomic mass is 10.1. The van der Waals surface area contributed by atoms with Crippen LogP contribution < -0.4 is 0 Å². The summed E-state index contributed by atoms with van der Waals surface area (Å²) in [7, 11) is 0. The van der Waals surface area contributed by atoms with Gasteiger partial charge in [0, 0.05) is 0 Å². The van der Waals surface area contributed by atoms with Crippen molar-refractivity contribution < 1.29 is 14.3 Å². The average molecular weight is 271 g/mol. The van der Waals surface area contributed by atoms with Crippen molar-refractivity contribution in [2.45, 2.75) is 32.4 Å². The molecule has 2 amide bonds. The first kappa shape index (κ1) is 14.3. The molecule has 1 aliphatic heterocycles. The fraction of sp³-hybridized carbons (Fsp3) is 0.375. The first-order valence-electron chi connectivity index (χ1n) is 6.42. The summed E-state index contributed by atoms with van der Waals surface area (Å²) in [6.45, 7) is 5.81. The molecule has 1 aromatic carbocycles. The molecular weight excluding hydrogens is 254 g/mol. The molecule has 1 aliphatic rings. The Morgan fingerprint density at radius 2 is 1.70 bits per heavy atom. The lowest BCUT2D eigenvalue weighted by Crippen LogP contribution is -2.43. The molecular formula is C16H17NO3. The van der Waals surface area contributed by atoms with Gasteiger partial charge < -0.3 is 4.74 Å². The number of carbonyl (C=O) groups excluding carboxylic acids is 2. The van der Waals surface area contributed by atoms with Gasteiger partial charge in [-0.2, -0.15) is 0 Å². The number of ether oxygens (including phenoxy) is 1. The zero-order valence-corrected chi connectivity index (χ0v) is 11.8. The summed E-state index contributed by atoms with van der Waals surface area (Å²) in [6.07, 6.45) is 5.47. The third-order valence-corrected chi connectivity index (χ3v) is 3.00. The molecule has 0 N–H and O–H groups in total. The summed E-state index contributed by atoms with van der Waals surface area (Å²) in [5, 5.41) is 0. The maximum absolute atomic E-state index is 12.3.